The van der Waals surface area contributed by atoms with Gasteiger partial charge in [0.2, 0.25) is 0 Å². The van der Waals surface area contributed by atoms with Crippen LogP contribution in [0.3, 0.4) is 0 Å². The number of rotatable bonds is 5. The first-order chi connectivity index (χ1) is 12.7. The lowest BCUT2D eigenvalue weighted by molar-refractivity contribution is -0.0509. The van der Waals surface area contributed by atoms with Crippen LogP contribution < -0.4 is 4.74 Å². The van der Waals surface area contributed by atoms with Crippen LogP contribution in [-0.2, 0) is 14.3 Å². The second kappa shape index (κ2) is 6.91. The molecule has 0 aliphatic rings. The van der Waals surface area contributed by atoms with Crippen LogP contribution in [0.5, 0.6) is 5.75 Å². The van der Waals surface area contributed by atoms with Gasteiger partial charge in [0.15, 0.2) is 5.76 Å². The van der Waals surface area contributed by atoms with Crippen LogP contribution in [0, 0.1) is 0 Å². The second-order valence-corrected chi connectivity index (χ2v) is 6.77. The van der Waals surface area contributed by atoms with Gasteiger partial charge in [0.1, 0.15) is 11.3 Å². The molecule has 1 aromatic heterocycles. The molecular weight excluding hydrogens is 387 g/mol. The predicted octanol–water partition coefficient (Wildman–Crippen LogP) is 3.26. The Labute approximate surface area is 151 Å². The smallest absolute Gasteiger partial charge is 0.497 e. The fraction of sp³-hybridized carbons (Fsp3) is 0.125. The van der Waals surface area contributed by atoms with Crippen molar-refractivity contribution in [3.63, 3.8) is 0 Å². The summed E-state index contributed by atoms with van der Waals surface area (Å²) in [5.41, 5.74) is -4.58. The van der Waals surface area contributed by atoms with Crippen molar-refractivity contribution in [2.75, 3.05) is 7.11 Å². The summed E-state index contributed by atoms with van der Waals surface area (Å²) in [4.78, 5) is 0. The summed E-state index contributed by atoms with van der Waals surface area (Å²) in [7, 11) is -4.46. The largest absolute Gasteiger partial charge is 0.534 e. The van der Waals surface area contributed by atoms with Gasteiger partial charge >= 0.3 is 15.6 Å². The highest BCUT2D eigenvalue weighted by molar-refractivity contribution is 7.87. The van der Waals surface area contributed by atoms with Crippen LogP contribution >= 0.6 is 0 Å². The minimum Gasteiger partial charge on any atom is -0.497 e. The maximum Gasteiger partial charge on any atom is 0.534 e. The van der Waals surface area contributed by atoms with Crippen LogP contribution in [0.1, 0.15) is 5.56 Å². The van der Waals surface area contributed by atoms with E-state index in [0.717, 1.165) is 10.9 Å². The first-order valence-electron chi connectivity index (χ1n) is 7.38. The average molecular weight is 399 g/mol. The third-order valence-corrected chi connectivity index (χ3v) is 4.44. The molecule has 0 saturated carbocycles. The molecule has 3 aromatic rings. The van der Waals surface area contributed by atoms with E-state index in [0.29, 0.717) is 16.8 Å². The topological polar surface area (TPSA) is 83.3 Å². The number of para-hydroxylation sites is 1. The van der Waals surface area contributed by atoms with Gasteiger partial charge in [-0.3, -0.25) is 0 Å². The van der Waals surface area contributed by atoms with E-state index in [2.05, 4.69) is 14.5 Å². The van der Waals surface area contributed by atoms with Crippen molar-refractivity contribution in [2.24, 2.45) is 0 Å². The zero-order valence-corrected chi connectivity index (χ0v) is 14.5. The number of methoxy groups -OCH3 is 1. The van der Waals surface area contributed by atoms with Gasteiger partial charge in [0, 0.05) is 5.56 Å². The summed E-state index contributed by atoms with van der Waals surface area (Å²) in [5, 5.41) is 7.66. The summed E-state index contributed by atoms with van der Waals surface area (Å²) < 4.78 is 71.8. The van der Waals surface area contributed by atoms with Gasteiger partial charge in [-0.15, -0.1) is 5.10 Å². The Balaban J connectivity index is 2.11. The molecule has 0 N–H and O–H groups in total. The van der Waals surface area contributed by atoms with Crippen LogP contribution in [-0.4, -0.2) is 36.0 Å². The number of fused-ring (bicyclic) bond motifs is 1. The van der Waals surface area contributed by atoms with E-state index in [1.54, 1.807) is 24.3 Å². The second-order valence-electron chi connectivity index (χ2n) is 5.23. The number of nitrogens with zero attached hydrogens (tertiary/aromatic N) is 3. The van der Waals surface area contributed by atoms with Crippen molar-refractivity contribution in [1.82, 2.24) is 15.0 Å². The van der Waals surface area contributed by atoms with Gasteiger partial charge in [-0.05, 0) is 36.4 Å². The zero-order chi connectivity index (χ0) is 19.7. The van der Waals surface area contributed by atoms with E-state index >= 15 is 0 Å². The third-order valence-electron chi connectivity index (χ3n) is 3.47. The van der Waals surface area contributed by atoms with Crippen molar-refractivity contribution in [1.29, 1.82) is 0 Å². The Morgan fingerprint density at radius 1 is 1.11 bits per heavy atom. The summed E-state index contributed by atoms with van der Waals surface area (Å²) in [6.07, 6.45) is 1.01. The Kier molecular flexibility index (Phi) is 4.79. The molecule has 0 amide bonds. The van der Waals surface area contributed by atoms with E-state index in [4.69, 9.17) is 4.74 Å². The predicted molar refractivity (Wildman–Crippen MR) is 90.7 cm³/mol. The molecule has 3 rings (SSSR count). The quantitative estimate of drug-likeness (QED) is 0.372. The Morgan fingerprint density at radius 3 is 2.41 bits per heavy atom. The molecule has 0 unspecified atom stereocenters. The summed E-state index contributed by atoms with van der Waals surface area (Å²) in [6, 6.07) is 12.3. The Morgan fingerprint density at radius 2 is 1.78 bits per heavy atom. The fourth-order valence-corrected chi connectivity index (χ4v) is 2.63. The molecule has 2 aromatic carbocycles. The number of hydrogen-bond donors (Lipinski definition) is 0. The third kappa shape index (κ3) is 3.87. The van der Waals surface area contributed by atoms with Gasteiger partial charge in [0.25, 0.3) is 0 Å². The lowest BCUT2D eigenvalue weighted by atomic mass is 10.2. The van der Waals surface area contributed by atoms with E-state index in [1.807, 2.05) is 0 Å². The molecular formula is C16H12F3N3O4S. The van der Waals surface area contributed by atoms with E-state index < -0.39 is 21.4 Å². The first-order valence-corrected chi connectivity index (χ1v) is 8.79. The number of ether oxygens (including phenoxy) is 1. The highest BCUT2D eigenvalue weighted by atomic mass is 32.2. The molecule has 0 bridgehead atoms. The lowest BCUT2D eigenvalue weighted by Crippen LogP contribution is -2.25. The Hall–Kier alpha value is -3.08. The minimum atomic E-state index is -5.88. The van der Waals surface area contributed by atoms with Crippen molar-refractivity contribution in [2.45, 2.75) is 5.51 Å². The monoisotopic (exact) mass is 399 g/mol. The van der Waals surface area contributed by atoms with Crippen LogP contribution in [0.15, 0.2) is 48.5 Å². The lowest BCUT2D eigenvalue weighted by Gasteiger charge is -2.13. The molecule has 0 radical (unpaired) electrons. The highest BCUT2D eigenvalue weighted by Gasteiger charge is 2.49. The van der Waals surface area contributed by atoms with Crippen molar-refractivity contribution in [3.8, 4) is 5.75 Å². The van der Waals surface area contributed by atoms with Gasteiger partial charge in [-0.1, -0.05) is 17.3 Å². The van der Waals surface area contributed by atoms with Crippen LogP contribution in [0.25, 0.3) is 23.0 Å². The summed E-state index contributed by atoms with van der Waals surface area (Å²) in [5.74, 6) is -0.145. The van der Waals surface area contributed by atoms with Crippen molar-refractivity contribution < 1.29 is 30.5 Å². The summed E-state index contributed by atoms with van der Waals surface area (Å²) >= 11 is 0. The average Bonchev–Trinajstić information content (AvgIpc) is 3.03. The molecule has 0 saturated heterocycles. The SMILES string of the molecule is COc1ccc(/C(=C/n2nnc3ccccc32)OS(=O)(=O)C(F)(F)F)cc1. The number of hydrogen-bond acceptors (Lipinski definition) is 6. The highest BCUT2D eigenvalue weighted by Crippen LogP contribution is 2.31. The number of alkyl halides is 3. The van der Waals surface area contributed by atoms with Crippen molar-refractivity contribution >= 4 is 33.1 Å². The van der Waals surface area contributed by atoms with E-state index in [9.17, 15) is 21.6 Å². The van der Waals surface area contributed by atoms with Gasteiger partial charge in [0.05, 0.1) is 18.8 Å². The number of aromatic nitrogens is 3. The maximum absolute atomic E-state index is 12.8. The maximum atomic E-state index is 12.8. The normalized spacial score (nSPS) is 13.0. The molecule has 0 fully saturated rings. The fourth-order valence-electron chi connectivity index (χ4n) is 2.16. The molecule has 11 heteroatoms. The molecule has 142 valence electrons. The number of halogens is 3. The van der Waals surface area contributed by atoms with Gasteiger partial charge in [-0.25, -0.2) is 4.68 Å². The molecule has 0 aliphatic heterocycles. The zero-order valence-electron chi connectivity index (χ0n) is 13.7. The first kappa shape index (κ1) is 18.7. The van der Waals surface area contributed by atoms with Gasteiger partial charge in [-0.2, -0.15) is 21.6 Å². The molecule has 0 spiro atoms. The minimum absolute atomic E-state index is 0.0724. The molecule has 7 nitrogen and oxygen atoms in total. The molecule has 1 heterocycles. The Bertz CT molecular complexity index is 1090. The van der Waals surface area contributed by atoms with Gasteiger partial charge < -0.3 is 8.92 Å². The van der Waals surface area contributed by atoms with Crippen LogP contribution in [0.4, 0.5) is 13.2 Å². The molecule has 0 aliphatic carbocycles. The van der Waals surface area contributed by atoms with E-state index in [1.165, 1.54) is 31.4 Å². The van der Waals surface area contributed by atoms with E-state index in [-0.39, 0.29) is 5.56 Å². The summed E-state index contributed by atoms with van der Waals surface area (Å²) in [6.45, 7) is 0. The standard InChI is InChI=1S/C16H12F3N3O4S/c1-25-12-8-6-11(7-9-12)15(26-27(23,24)16(17,18)19)10-22-14-5-3-2-4-13(14)20-21-22/h2-10H,1H3/b15-10-. The molecule has 0 atom stereocenters. The number of benzene rings is 2. The van der Waals surface area contributed by atoms with Crippen molar-refractivity contribution in [3.05, 3.63) is 54.1 Å². The van der Waals surface area contributed by atoms with Crippen LogP contribution in [0.2, 0.25) is 0 Å². The molecule has 27 heavy (non-hydrogen) atoms.